The van der Waals surface area contributed by atoms with E-state index in [-0.39, 0.29) is 16.9 Å². The molecule has 2 rings (SSSR count). The summed E-state index contributed by atoms with van der Waals surface area (Å²) in [5.41, 5.74) is -2.76. The number of rotatable bonds is 4. The van der Waals surface area contributed by atoms with Crippen LogP contribution in [0.4, 0.5) is 11.4 Å². The Labute approximate surface area is 117 Å². The number of benzene rings is 1. The number of carbonyl (C=O) groups is 3. The summed E-state index contributed by atoms with van der Waals surface area (Å²) in [7, 11) is 0. The number of aliphatic carboxylic acids is 1. The Morgan fingerprint density at radius 2 is 2.05 bits per heavy atom. The molecular formula is C12H10N2O7. The number of carboxylic acids is 1. The van der Waals surface area contributed by atoms with Crippen molar-refractivity contribution in [1.82, 2.24) is 0 Å². The van der Waals surface area contributed by atoms with E-state index in [1.54, 1.807) is 0 Å². The third kappa shape index (κ3) is 2.34. The van der Waals surface area contributed by atoms with E-state index >= 15 is 0 Å². The van der Waals surface area contributed by atoms with E-state index in [0.717, 1.165) is 24.0 Å². The highest BCUT2D eigenvalue weighted by Gasteiger charge is 2.42. The van der Waals surface area contributed by atoms with Gasteiger partial charge < -0.3 is 15.1 Å². The predicted octanol–water partition coefficient (Wildman–Crippen LogP) is -0.0403. The number of carbonyl (C=O) groups excluding carboxylic acids is 2. The molecule has 1 heterocycles. The minimum absolute atomic E-state index is 0.0390. The van der Waals surface area contributed by atoms with Gasteiger partial charge in [-0.2, -0.15) is 0 Å². The van der Waals surface area contributed by atoms with Crippen molar-refractivity contribution in [3.05, 3.63) is 33.9 Å². The molecule has 110 valence electrons. The summed E-state index contributed by atoms with van der Waals surface area (Å²) in [6, 6.07) is 3.21. The van der Waals surface area contributed by atoms with Crippen molar-refractivity contribution < 1.29 is 29.5 Å². The van der Waals surface area contributed by atoms with Crippen LogP contribution in [-0.4, -0.2) is 44.9 Å². The van der Waals surface area contributed by atoms with Crippen LogP contribution in [0.25, 0.3) is 0 Å². The summed E-state index contributed by atoms with van der Waals surface area (Å²) < 4.78 is 0. The Morgan fingerprint density at radius 1 is 1.43 bits per heavy atom. The van der Waals surface area contributed by atoms with Gasteiger partial charge in [-0.25, -0.2) is 4.79 Å². The van der Waals surface area contributed by atoms with Gasteiger partial charge in [0.25, 0.3) is 17.4 Å². The van der Waals surface area contributed by atoms with Crippen molar-refractivity contribution in [2.75, 3.05) is 11.4 Å². The quantitative estimate of drug-likeness (QED) is 0.451. The molecule has 1 atom stereocenters. The fourth-order valence-electron chi connectivity index (χ4n) is 1.93. The number of β-amino-alcohol motifs (C(OH)–C–C–N with tert-alkyl or cyclic N) is 1. The SMILES string of the molecule is CC(O)(CN1C(=O)C(=O)c2cc([N+](=O)[O-])ccc21)C(=O)O. The Balaban J connectivity index is 2.45. The number of ketones is 1. The van der Waals surface area contributed by atoms with Gasteiger partial charge in [0.15, 0.2) is 5.60 Å². The highest BCUT2D eigenvalue weighted by atomic mass is 16.6. The lowest BCUT2D eigenvalue weighted by Gasteiger charge is -2.25. The zero-order chi connectivity index (χ0) is 15.9. The average molecular weight is 294 g/mol. The minimum Gasteiger partial charge on any atom is -0.479 e. The minimum atomic E-state index is -2.25. The summed E-state index contributed by atoms with van der Waals surface area (Å²) in [5, 5.41) is 29.2. The number of hydrogen-bond donors (Lipinski definition) is 2. The molecule has 9 heteroatoms. The molecule has 0 aromatic heterocycles. The van der Waals surface area contributed by atoms with E-state index in [0.29, 0.717) is 0 Å². The van der Waals surface area contributed by atoms with Gasteiger partial charge in [0, 0.05) is 12.1 Å². The number of carboxylic acid groups (broad SMARTS) is 1. The lowest BCUT2D eigenvalue weighted by molar-refractivity contribution is -0.384. The molecule has 0 fully saturated rings. The molecule has 0 bridgehead atoms. The van der Waals surface area contributed by atoms with E-state index in [4.69, 9.17) is 5.11 Å². The Bertz CT molecular complexity index is 680. The number of nitrogens with zero attached hydrogens (tertiary/aromatic N) is 2. The number of anilines is 1. The first-order valence-corrected chi connectivity index (χ1v) is 5.75. The maximum Gasteiger partial charge on any atom is 0.337 e. The maximum atomic E-state index is 11.8. The number of nitro groups is 1. The van der Waals surface area contributed by atoms with Crippen molar-refractivity contribution >= 4 is 29.0 Å². The first kappa shape index (κ1) is 14.6. The number of fused-ring (bicyclic) bond motifs is 1. The molecule has 1 unspecified atom stereocenters. The van der Waals surface area contributed by atoms with Crippen molar-refractivity contribution in [2.45, 2.75) is 12.5 Å². The Hall–Kier alpha value is -2.81. The van der Waals surface area contributed by atoms with E-state index in [2.05, 4.69) is 0 Å². The van der Waals surface area contributed by atoms with Gasteiger partial charge in [-0.15, -0.1) is 0 Å². The van der Waals surface area contributed by atoms with E-state index < -0.39 is 34.7 Å². The van der Waals surface area contributed by atoms with E-state index in [1.165, 1.54) is 6.07 Å². The van der Waals surface area contributed by atoms with Gasteiger partial charge in [0.1, 0.15) is 0 Å². The van der Waals surface area contributed by atoms with Crippen LogP contribution in [0.3, 0.4) is 0 Å². The summed E-state index contributed by atoms with van der Waals surface area (Å²) in [5.74, 6) is -3.57. The Kier molecular flexibility index (Phi) is 3.22. The van der Waals surface area contributed by atoms with E-state index in [9.17, 15) is 29.6 Å². The second kappa shape index (κ2) is 4.63. The van der Waals surface area contributed by atoms with Crippen LogP contribution in [-0.2, 0) is 9.59 Å². The predicted molar refractivity (Wildman–Crippen MR) is 68.0 cm³/mol. The van der Waals surface area contributed by atoms with Crippen LogP contribution in [0.2, 0.25) is 0 Å². The monoisotopic (exact) mass is 294 g/mol. The van der Waals surface area contributed by atoms with Gasteiger partial charge in [0.2, 0.25) is 0 Å². The number of hydrogen-bond acceptors (Lipinski definition) is 6. The molecule has 9 nitrogen and oxygen atoms in total. The largest absolute Gasteiger partial charge is 0.479 e. The van der Waals surface area contributed by atoms with Crippen LogP contribution in [0, 0.1) is 10.1 Å². The highest BCUT2D eigenvalue weighted by molar-refractivity contribution is 6.52. The maximum absolute atomic E-state index is 11.8. The van der Waals surface area contributed by atoms with Gasteiger partial charge in [-0.1, -0.05) is 0 Å². The third-order valence-electron chi connectivity index (χ3n) is 3.09. The molecule has 1 aromatic rings. The lowest BCUT2D eigenvalue weighted by Crippen LogP contribution is -2.48. The molecule has 0 aliphatic carbocycles. The fraction of sp³-hybridized carbons (Fsp3) is 0.250. The molecule has 1 aromatic carbocycles. The highest BCUT2D eigenvalue weighted by Crippen LogP contribution is 2.32. The zero-order valence-corrected chi connectivity index (χ0v) is 10.8. The molecule has 0 saturated carbocycles. The number of nitro benzene ring substituents is 1. The summed E-state index contributed by atoms with van der Waals surface area (Å²) in [6.45, 7) is 0.341. The first-order chi connectivity index (χ1) is 9.65. The van der Waals surface area contributed by atoms with Gasteiger partial charge in [-0.05, 0) is 13.0 Å². The van der Waals surface area contributed by atoms with Gasteiger partial charge >= 0.3 is 5.97 Å². The summed E-state index contributed by atoms with van der Waals surface area (Å²) >= 11 is 0. The molecule has 1 amide bonds. The number of Topliss-reactive ketones (excluding diaryl/α,β-unsaturated/α-hetero) is 1. The van der Waals surface area contributed by atoms with Crippen molar-refractivity contribution in [2.24, 2.45) is 0 Å². The topological polar surface area (TPSA) is 138 Å². The molecule has 0 spiro atoms. The van der Waals surface area contributed by atoms with Crippen LogP contribution in [0.1, 0.15) is 17.3 Å². The Morgan fingerprint density at radius 3 is 2.57 bits per heavy atom. The second-order valence-electron chi connectivity index (χ2n) is 4.76. The van der Waals surface area contributed by atoms with Crippen molar-refractivity contribution in [1.29, 1.82) is 0 Å². The summed E-state index contributed by atoms with van der Waals surface area (Å²) in [4.78, 5) is 45.3. The fourth-order valence-corrected chi connectivity index (χ4v) is 1.93. The zero-order valence-electron chi connectivity index (χ0n) is 10.8. The van der Waals surface area contributed by atoms with Crippen molar-refractivity contribution in [3.63, 3.8) is 0 Å². The number of amides is 1. The first-order valence-electron chi connectivity index (χ1n) is 5.75. The molecule has 0 saturated heterocycles. The van der Waals surface area contributed by atoms with Crippen LogP contribution in [0.15, 0.2) is 18.2 Å². The van der Waals surface area contributed by atoms with Crippen LogP contribution in [0.5, 0.6) is 0 Å². The lowest BCUT2D eigenvalue weighted by atomic mass is 10.1. The van der Waals surface area contributed by atoms with Gasteiger partial charge in [-0.3, -0.25) is 19.7 Å². The molecule has 1 aliphatic rings. The normalized spacial score (nSPS) is 16.6. The number of aliphatic hydroxyl groups is 1. The average Bonchev–Trinajstić information content (AvgIpc) is 2.63. The third-order valence-corrected chi connectivity index (χ3v) is 3.09. The molecule has 21 heavy (non-hydrogen) atoms. The molecule has 2 N–H and O–H groups in total. The van der Waals surface area contributed by atoms with Crippen LogP contribution < -0.4 is 4.90 Å². The van der Waals surface area contributed by atoms with Crippen molar-refractivity contribution in [3.8, 4) is 0 Å². The summed E-state index contributed by atoms with van der Waals surface area (Å²) in [6.07, 6.45) is 0. The smallest absolute Gasteiger partial charge is 0.337 e. The number of non-ortho nitro benzene ring substituents is 1. The standard InChI is InChI=1S/C12H10N2O7/c1-12(19,11(17)18)5-13-8-3-2-6(14(20)21)4-7(8)9(15)10(13)16/h2-4,19H,5H2,1H3,(H,17,18). The van der Waals surface area contributed by atoms with E-state index in [1.807, 2.05) is 0 Å². The molecule has 1 aliphatic heterocycles. The molecular weight excluding hydrogens is 284 g/mol. The van der Waals surface area contributed by atoms with Crippen LogP contribution >= 0.6 is 0 Å². The second-order valence-corrected chi connectivity index (χ2v) is 4.76. The van der Waals surface area contributed by atoms with Gasteiger partial charge in [0.05, 0.1) is 22.7 Å². The molecule has 0 radical (unpaired) electrons.